The Morgan fingerprint density at radius 3 is 2.45 bits per heavy atom. The highest BCUT2D eigenvalue weighted by Gasteiger charge is 2.22. The highest BCUT2D eigenvalue weighted by molar-refractivity contribution is 14.0. The van der Waals surface area contributed by atoms with Crippen LogP contribution in [0.15, 0.2) is 59.6 Å². The Labute approximate surface area is 202 Å². The second-order valence-corrected chi connectivity index (χ2v) is 9.27. The molecular formula is C22H31IN4O3S. The molecule has 0 bridgehead atoms. The third-order valence-electron chi connectivity index (χ3n) is 4.82. The molecule has 0 atom stereocenters. The van der Waals surface area contributed by atoms with Crippen molar-refractivity contribution in [1.82, 2.24) is 15.4 Å². The Hall–Kier alpha value is -1.85. The van der Waals surface area contributed by atoms with Crippen LogP contribution in [0.1, 0.15) is 24.0 Å². The first-order valence-electron chi connectivity index (χ1n) is 10.2. The van der Waals surface area contributed by atoms with Crippen LogP contribution in [0.25, 0.3) is 0 Å². The lowest BCUT2D eigenvalue weighted by molar-refractivity contribution is 0.296. The van der Waals surface area contributed by atoms with Crippen molar-refractivity contribution < 1.29 is 13.2 Å². The van der Waals surface area contributed by atoms with Crippen molar-refractivity contribution >= 4 is 40.0 Å². The maximum absolute atomic E-state index is 12.2. The largest absolute Gasteiger partial charge is 0.493 e. The molecule has 1 saturated carbocycles. The van der Waals surface area contributed by atoms with Gasteiger partial charge in [0.25, 0.3) is 0 Å². The van der Waals surface area contributed by atoms with Gasteiger partial charge in [-0.2, -0.15) is 0 Å². The minimum Gasteiger partial charge on any atom is -0.493 e. The summed E-state index contributed by atoms with van der Waals surface area (Å²) in [5.41, 5.74) is 1.97. The molecule has 2 aromatic carbocycles. The summed E-state index contributed by atoms with van der Waals surface area (Å²) in [6.45, 7) is 1.84. The lowest BCUT2D eigenvalue weighted by atomic mass is 10.2. The molecule has 3 rings (SSSR count). The molecule has 1 fully saturated rings. The summed E-state index contributed by atoms with van der Waals surface area (Å²) in [7, 11) is -1.72. The minimum absolute atomic E-state index is 0. The molecule has 0 radical (unpaired) electrons. The Balaban J connectivity index is 0.00000341. The van der Waals surface area contributed by atoms with E-state index in [-0.39, 0.29) is 42.8 Å². The first-order chi connectivity index (χ1) is 14.6. The van der Waals surface area contributed by atoms with Gasteiger partial charge in [0, 0.05) is 32.2 Å². The van der Waals surface area contributed by atoms with Crippen LogP contribution in [-0.4, -0.2) is 40.3 Å². The van der Waals surface area contributed by atoms with Crippen LogP contribution in [0.2, 0.25) is 0 Å². The molecule has 1 aliphatic rings. The quantitative estimate of drug-likeness (QED) is 0.224. The molecule has 31 heavy (non-hydrogen) atoms. The first kappa shape index (κ1) is 25.4. The number of benzene rings is 2. The normalized spacial score (nSPS) is 13.9. The van der Waals surface area contributed by atoms with Crippen molar-refractivity contribution in [3.63, 3.8) is 0 Å². The van der Waals surface area contributed by atoms with Gasteiger partial charge in [-0.1, -0.05) is 48.5 Å². The third kappa shape index (κ3) is 9.44. The van der Waals surface area contributed by atoms with Gasteiger partial charge in [0.05, 0.1) is 12.4 Å². The number of halogens is 1. The maximum atomic E-state index is 12.2. The molecule has 3 N–H and O–H groups in total. The van der Waals surface area contributed by atoms with E-state index in [0.29, 0.717) is 18.4 Å². The SMILES string of the molecule is CN=C(NCCS(=O)(=O)NCc1ccccc1)NCc1ccccc1OCC1CC1.I. The Morgan fingerprint density at radius 2 is 1.74 bits per heavy atom. The van der Waals surface area contributed by atoms with E-state index >= 15 is 0 Å². The molecule has 2 aromatic rings. The van der Waals surface area contributed by atoms with Gasteiger partial charge in [-0.15, -0.1) is 24.0 Å². The summed E-state index contributed by atoms with van der Waals surface area (Å²) in [6, 6.07) is 17.4. The Bertz CT molecular complexity index is 935. The number of nitrogens with zero attached hydrogens (tertiary/aromatic N) is 1. The van der Waals surface area contributed by atoms with Crippen LogP contribution in [0.4, 0.5) is 0 Å². The molecule has 0 heterocycles. The number of para-hydroxylation sites is 1. The van der Waals surface area contributed by atoms with E-state index in [0.717, 1.165) is 23.5 Å². The number of hydrogen-bond acceptors (Lipinski definition) is 4. The number of hydrogen-bond donors (Lipinski definition) is 3. The second kappa shape index (κ2) is 12.9. The van der Waals surface area contributed by atoms with E-state index < -0.39 is 10.0 Å². The molecule has 0 aromatic heterocycles. The number of aliphatic imine (C=N–C) groups is 1. The van der Waals surface area contributed by atoms with Gasteiger partial charge in [0.1, 0.15) is 5.75 Å². The summed E-state index contributed by atoms with van der Waals surface area (Å²) >= 11 is 0. The van der Waals surface area contributed by atoms with Crippen LogP contribution < -0.4 is 20.1 Å². The van der Waals surface area contributed by atoms with Crippen LogP contribution in [0.3, 0.4) is 0 Å². The molecular weight excluding hydrogens is 527 g/mol. The zero-order valence-electron chi connectivity index (χ0n) is 17.7. The molecule has 170 valence electrons. The Kier molecular flexibility index (Phi) is 10.6. The van der Waals surface area contributed by atoms with E-state index in [9.17, 15) is 8.42 Å². The number of guanidine groups is 1. The average molecular weight is 558 g/mol. The van der Waals surface area contributed by atoms with Crippen molar-refractivity contribution in [2.45, 2.75) is 25.9 Å². The number of nitrogens with one attached hydrogen (secondary N) is 3. The predicted octanol–water partition coefficient (Wildman–Crippen LogP) is 2.88. The molecule has 0 unspecified atom stereocenters. The molecule has 0 spiro atoms. The van der Waals surface area contributed by atoms with Gasteiger partial charge in [0.15, 0.2) is 5.96 Å². The number of sulfonamides is 1. The topological polar surface area (TPSA) is 91.8 Å². The van der Waals surface area contributed by atoms with E-state index in [2.05, 4.69) is 20.3 Å². The summed E-state index contributed by atoms with van der Waals surface area (Å²) in [6.07, 6.45) is 2.50. The number of ether oxygens (including phenoxy) is 1. The highest BCUT2D eigenvalue weighted by atomic mass is 127. The number of rotatable bonds is 11. The van der Waals surface area contributed by atoms with Gasteiger partial charge in [0.2, 0.25) is 10.0 Å². The third-order valence-corrected chi connectivity index (χ3v) is 6.14. The molecule has 0 aliphatic heterocycles. The van der Waals surface area contributed by atoms with Crippen LogP contribution in [0, 0.1) is 5.92 Å². The van der Waals surface area contributed by atoms with E-state index in [1.54, 1.807) is 7.05 Å². The van der Waals surface area contributed by atoms with Crippen molar-refractivity contribution in [3.05, 3.63) is 65.7 Å². The van der Waals surface area contributed by atoms with Crippen molar-refractivity contribution in [3.8, 4) is 5.75 Å². The highest BCUT2D eigenvalue weighted by Crippen LogP contribution is 2.30. The van der Waals surface area contributed by atoms with Crippen LogP contribution in [0.5, 0.6) is 5.75 Å². The standard InChI is InChI=1S/C22H30N4O3S.HI/c1-23-22(24-13-14-30(27,28)26-15-18-7-3-2-4-8-18)25-16-20-9-5-6-10-21(20)29-17-19-11-12-19;/h2-10,19,26H,11-17H2,1H3,(H2,23,24,25);1H. The monoisotopic (exact) mass is 558 g/mol. The molecule has 1 aliphatic carbocycles. The summed E-state index contributed by atoms with van der Waals surface area (Å²) in [5, 5.41) is 6.27. The second-order valence-electron chi connectivity index (χ2n) is 7.34. The smallest absolute Gasteiger partial charge is 0.213 e. The fraction of sp³-hybridized carbons (Fsp3) is 0.409. The van der Waals surface area contributed by atoms with Crippen molar-refractivity contribution in [2.24, 2.45) is 10.9 Å². The fourth-order valence-corrected chi connectivity index (χ4v) is 3.75. The lowest BCUT2D eigenvalue weighted by Gasteiger charge is -2.15. The van der Waals surface area contributed by atoms with Gasteiger partial charge in [-0.25, -0.2) is 13.1 Å². The molecule has 9 heteroatoms. The van der Waals surface area contributed by atoms with Gasteiger partial charge < -0.3 is 15.4 Å². The zero-order valence-corrected chi connectivity index (χ0v) is 20.9. The molecule has 0 amide bonds. The van der Waals surface area contributed by atoms with Crippen molar-refractivity contribution in [2.75, 3.05) is 26.0 Å². The van der Waals surface area contributed by atoms with E-state index in [4.69, 9.17) is 4.74 Å². The minimum atomic E-state index is -3.38. The van der Waals surface area contributed by atoms with Gasteiger partial charge >= 0.3 is 0 Å². The molecule has 7 nitrogen and oxygen atoms in total. The lowest BCUT2D eigenvalue weighted by Crippen LogP contribution is -2.40. The van der Waals surface area contributed by atoms with Crippen LogP contribution in [-0.2, 0) is 23.1 Å². The first-order valence-corrected chi connectivity index (χ1v) is 11.9. The summed E-state index contributed by atoms with van der Waals surface area (Å²) in [4.78, 5) is 4.17. The zero-order chi connectivity index (χ0) is 21.2. The van der Waals surface area contributed by atoms with E-state index in [1.165, 1.54) is 12.8 Å². The predicted molar refractivity (Wildman–Crippen MR) is 135 cm³/mol. The van der Waals surface area contributed by atoms with Crippen molar-refractivity contribution in [1.29, 1.82) is 0 Å². The molecule has 0 saturated heterocycles. The Morgan fingerprint density at radius 1 is 1.03 bits per heavy atom. The maximum Gasteiger partial charge on any atom is 0.213 e. The fourth-order valence-electron chi connectivity index (χ4n) is 2.85. The van der Waals surface area contributed by atoms with E-state index in [1.807, 2.05) is 54.6 Å². The van der Waals surface area contributed by atoms with Crippen LogP contribution >= 0.6 is 24.0 Å². The summed E-state index contributed by atoms with van der Waals surface area (Å²) < 4.78 is 32.9. The van der Waals surface area contributed by atoms with Gasteiger partial charge in [-0.3, -0.25) is 4.99 Å². The summed E-state index contributed by atoms with van der Waals surface area (Å²) in [5.74, 6) is 2.07. The average Bonchev–Trinajstić information content (AvgIpc) is 3.59. The van der Waals surface area contributed by atoms with Gasteiger partial charge in [-0.05, 0) is 30.4 Å².